The number of carboxylic acids is 1. The number of aryl methyl sites for hydroxylation is 1. The lowest BCUT2D eigenvalue weighted by atomic mass is 10.1. The summed E-state index contributed by atoms with van der Waals surface area (Å²) >= 11 is 1.23. The van der Waals surface area contributed by atoms with Crippen molar-refractivity contribution in [3.63, 3.8) is 0 Å². The monoisotopic (exact) mass is 320 g/mol. The smallest absolute Gasteiger partial charge is 0.348 e. The number of aliphatic hydroxyl groups excluding tert-OH is 1. The fourth-order valence-corrected chi connectivity index (χ4v) is 3.11. The van der Waals surface area contributed by atoms with E-state index in [9.17, 15) is 9.90 Å². The lowest BCUT2D eigenvalue weighted by Crippen LogP contribution is -2.24. The van der Waals surface area contributed by atoms with Crippen LogP contribution in [0.5, 0.6) is 0 Å². The van der Waals surface area contributed by atoms with E-state index in [1.165, 1.54) is 11.3 Å². The molecule has 0 radical (unpaired) electrons. The Balaban J connectivity index is 2.27. The van der Waals surface area contributed by atoms with Gasteiger partial charge in [-0.15, -0.1) is 11.3 Å². The molecule has 0 aliphatic rings. The van der Waals surface area contributed by atoms with E-state index >= 15 is 0 Å². The molecule has 0 amide bonds. The number of thiazole rings is 1. The van der Waals surface area contributed by atoms with Gasteiger partial charge in [0.15, 0.2) is 0 Å². The van der Waals surface area contributed by atoms with Gasteiger partial charge in [0.25, 0.3) is 0 Å². The molecule has 1 aromatic carbocycles. The molecule has 0 aliphatic carbocycles. The van der Waals surface area contributed by atoms with Gasteiger partial charge in [-0.3, -0.25) is 0 Å². The van der Waals surface area contributed by atoms with Crippen LogP contribution in [0.25, 0.3) is 11.3 Å². The highest BCUT2D eigenvalue weighted by Gasteiger charge is 2.19. The summed E-state index contributed by atoms with van der Waals surface area (Å²) in [6.07, 6.45) is 0.674. The van der Waals surface area contributed by atoms with Gasteiger partial charge in [-0.25, -0.2) is 9.78 Å². The minimum absolute atomic E-state index is 0.114. The van der Waals surface area contributed by atoms with Crippen LogP contribution in [0.1, 0.15) is 20.2 Å². The van der Waals surface area contributed by atoms with Gasteiger partial charge in [-0.1, -0.05) is 24.3 Å². The number of aromatic nitrogens is 1. The quantitative estimate of drug-likeness (QED) is 0.819. The zero-order valence-electron chi connectivity index (χ0n) is 12.7. The van der Waals surface area contributed by atoms with E-state index in [0.717, 1.165) is 22.7 Å². The summed E-state index contributed by atoms with van der Waals surface area (Å²) in [4.78, 5) is 18.3. The second-order valence-electron chi connectivity index (χ2n) is 5.18. The van der Waals surface area contributed by atoms with Crippen LogP contribution in [0.15, 0.2) is 24.3 Å². The van der Waals surface area contributed by atoms with E-state index in [2.05, 4.69) is 4.98 Å². The zero-order valence-corrected chi connectivity index (χ0v) is 13.6. The Bertz CT molecular complexity index is 655. The molecule has 1 aromatic heterocycles. The molecule has 2 rings (SSSR count). The molecule has 6 heteroatoms. The van der Waals surface area contributed by atoms with E-state index in [1.807, 2.05) is 43.1 Å². The fourth-order valence-electron chi connectivity index (χ4n) is 2.21. The van der Waals surface area contributed by atoms with Crippen molar-refractivity contribution in [1.29, 1.82) is 0 Å². The first-order valence-corrected chi connectivity index (χ1v) is 7.93. The molecular formula is C16H20N2O3S. The Morgan fingerprint density at radius 2 is 2.05 bits per heavy atom. The summed E-state index contributed by atoms with van der Waals surface area (Å²) in [6, 6.07) is 7.67. The van der Waals surface area contributed by atoms with Crippen molar-refractivity contribution >= 4 is 17.3 Å². The Morgan fingerprint density at radius 3 is 2.68 bits per heavy atom. The maximum Gasteiger partial charge on any atom is 0.348 e. The number of nitrogens with zero attached hydrogens (tertiary/aromatic N) is 2. The second kappa shape index (κ2) is 7.49. The number of carboxylic acid groups (broad SMARTS) is 1. The predicted molar refractivity (Wildman–Crippen MR) is 87.5 cm³/mol. The van der Waals surface area contributed by atoms with Crippen molar-refractivity contribution < 1.29 is 15.0 Å². The van der Waals surface area contributed by atoms with Crippen LogP contribution >= 0.6 is 11.3 Å². The van der Waals surface area contributed by atoms with Crippen molar-refractivity contribution in [2.24, 2.45) is 0 Å². The highest BCUT2D eigenvalue weighted by Crippen LogP contribution is 2.30. The molecule has 5 nitrogen and oxygen atoms in total. The largest absolute Gasteiger partial charge is 0.477 e. The van der Waals surface area contributed by atoms with Gasteiger partial charge < -0.3 is 15.1 Å². The van der Waals surface area contributed by atoms with Gasteiger partial charge in [-0.2, -0.15) is 0 Å². The first-order valence-electron chi connectivity index (χ1n) is 7.11. The number of likely N-dealkylation sites (N-methyl/N-ethyl adjacent to an activating group) is 1. The van der Waals surface area contributed by atoms with Crippen LogP contribution < -0.4 is 0 Å². The van der Waals surface area contributed by atoms with Gasteiger partial charge in [0, 0.05) is 25.1 Å². The molecule has 0 aliphatic heterocycles. The van der Waals surface area contributed by atoms with E-state index < -0.39 is 5.97 Å². The molecular weight excluding hydrogens is 300 g/mol. The Hall–Kier alpha value is -1.76. The third-order valence-corrected chi connectivity index (χ3v) is 4.56. The van der Waals surface area contributed by atoms with Crippen LogP contribution in [-0.4, -0.2) is 52.8 Å². The number of hydrogen-bond donors (Lipinski definition) is 2. The minimum Gasteiger partial charge on any atom is -0.477 e. The predicted octanol–water partition coefficient (Wildman–Crippen LogP) is 2.28. The summed E-state index contributed by atoms with van der Waals surface area (Å²) in [7, 11) is 1.92. The van der Waals surface area contributed by atoms with Crippen LogP contribution in [0, 0.1) is 6.92 Å². The van der Waals surface area contributed by atoms with Gasteiger partial charge in [-0.05, 0) is 19.5 Å². The molecule has 0 bridgehead atoms. The van der Waals surface area contributed by atoms with Crippen LogP contribution in [0.4, 0.5) is 0 Å². The molecule has 0 atom stereocenters. The Kier molecular flexibility index (Phi) is 5.65. The molecule has 0 saturated heterocycles. The highest BCUT2D eigenvalue weighted by atomic mass is 32.1. The van der Waals surface area contributed by atoms with E-state index in [1.54, 1.807) is 0 Å². The minimum atomic E-state index is -0.939. The molecule has 22 heavy (non-hydrogen) atoms. The Labute approximate surface area is 133 Å². The standard InChI is InChI=1S/C16H20N2O3S/c1-11-5-3-4-6-12(11)14-15(16(20)21)22-13(17-14)7-8-18(2)9-10-19/h3-6,19H,7-10H2,1-2H3,(H,20,21). The zero-order chi connectivity index (χ0) is 16.1. The summed E-state index contributed by atoms with van der Waals surface area (Å²) in [5.41, 5.74) is 2.43. The number of carbonyl (C=O) groups is 1. The third kappa shape index (κ3) is 3.91. The van der Waals surface area contributed by atoms with Crippen LogP contribution in [-0.2, 0) is 6.42 Å². The first-order chi connectivity index (χ1) is 10.5. The van der Waals surface area contributed by atoms with Crippen molar-refractivity contribution in [1.82, 2.24) is 9.88 Å². The normalized spacial score (nSPS) is 11.1. The molecule has 2 aromatic rings. The van der Waals surface area contributed by atoms with Crippen molar-refractivity contribution in [3.05, 3.63) is 39.7 Å². The number of aliphatic hydroxyl groups is 1. The Morgan fingerprint density at radius 1 is 1.32 bits per heavy atom. The summed E-state index contributed by atoms with van der Waals surface area (Å²) in [5, 5.41) is 19.1. The number of rotatable bonds is 7. The number of benzene rings is 1. The molecule has 0 unspecified atom stereocenters. The molecule has 0 fully saturated rings. The number of aromatic carboxylic acids is 1. The van der Waals surface area contributed by atoms with E-state index in [-0.39, 0.29) is 11.5 Å². The molecule has 0 spiro atoms. The lowest BCUT2D eigenvalue weighted by Gasteiger charge is -2.13. The van der Waals surface area contributed by atoms with Crippen molar-refractivity contribution in [3.8, 4) is 11.3 Å². The summed E-state index contributed by atoms with van der Waals surface area (Å²) < 4.78 is 0. The topological polar surface area (TPSA) is 73.7 Å². The van der Waals surface area contributed by atoms with Crippen LogP contribution in [0.3, 0.4) is 0 Å². The van der Waals surface area contributed by atoms with Crippen molar-refractivity contribution in [2.75, 3.05) is 26.7 Å². The summed E-state index contributed by atoms with van der Waals surface area (Å²) in [6.45, 7) is 3.40. The first kappa shape index (κ1) is 16.6. The maximum absolute atomic E-state index is 11.5. The highest BCUT2D eigenvalue weighted by molar-refractivity contribution is 7.14. The average molecular weight is 320 g/mol. The van der Waals surface area contributed by atoms with Crippen molar-refractivity contribution in [2.45, 2.75) is 13.3 Å². The van der Waals surface area contributed by atoms with E-state index in [0.29, 0.717) is 18.7 Å². The third-order valence-electron chi connectivity index (χ3n) is 3.45. The molecule has 1 heterocycles. The van der Waals surface area contributed by atoms with Gasteiger partial charge >= 0.3 is 5.97 Å². The fraction of sp³-hybridized carbons (Fsp3) is 0.375. The number of hydrogen-bond acceptors (Lipinski definition) is 5. The summed E-state index contributed by atoms with van der Waals surface area (Å²) in [5.74, 6) is -0.939. The molecule has 2 N–H and O–H groups in total. The van der Waals surface area contributed by atoms with Gasteiger partial charge in [0.2, 0.25) is 0 Å². The van der Waals surface area contributed by atoms with E-state index in [4.69, 9.17) is 5.11 Å². The molecule has 118 valence electrons. The maximum atomic E-state index is 11.5. The second-order valence-corrected chi connectivity index (χ2v) is 6.27. The van der Waals surface area contributed by atoms with Gasteiger partial charge in [0.1, 0.15) is 4.88 Å². The average Bonchev–Trinajstić information content (AvgIpc) is 2.90. The lowest BCUT2D eigenvalue weighted by molar-refractivity contribution is 0.0702. The van der Waals surface area contributed by atoms with Gasteiger partial charge in [0.05, 0.1) is 17.3 Å². The molecule has 0 saturated carbocycles. The van der Waals surface area contributed by atoms with Crippen LogP contribution in [0.2, 0.25) is 0 Å². The SMILES string of the molecule is Cc1ccccc1-c1nc(CCN(C)CCO)sc1C(=O)O.